The van der Waals surface area contributed by atoms with Crippen LogP contribution >= 0.6 is 0 Å². The van der Waals surface area contributed by atoms with Gasteiger partial charge in [0.2, 0.25) is 0 Å². The maximum absolute atomic E-state index is 10.9. The van der Waals surface area contributed by atoms with Crippen LogP contribution in [0.3, 0.4) is 0 Å². The highest BCUT2D eigenvalue weighted by atomic mass is 16.6. The third-order valence-electron chi connectivity index (χ3n) is 1.61. The molecule has 0 aromatic heterocycles. The smallest absolute Gasteiger partial charge is 0.338 e. The molecule has 1 aliphatic heterocycles. The van der Waals surface area contributed by atoms with Gasteiger partial charge in [-0.25, -0.2) is 9.59 Å². The number of rotatable bonds is 5. The second kappa shape index (κ2) is 4.36. The first-order valence-corrected chi connectivity index (χ1v) is 3.89. The van der Waals surface area contributed by atoms with E-state index in [4.69, 9.17) is 20.1 Å². The van der Waals surface area contributed by atoms with Crippen molar-refractivity contribution in [1.29, 1.82) is 0 Å². The number of esters is 1. The second-order valence-electron chi connectivity index (χ2n) is 2.81. The van der Waals surface area contributed by atoms with Crippen LogP contribution in [0.5, 0.6) is 0 Å². The molecule has 80 valence electrons. The lowest BCUT2D eigenvalue weighted by atomic mass is 10.2. The fraction of sp³-hybridized carbons (Fsp3) is 0.714. The van der Waals surface area contributed by atoms with E-state index in [1.165, 1.54) is 0 Å². The highest BCUT2D eigenvalue weighted by molar-refractivity contribution is 5.84. The van der Waals surface area contributed by atoms with Gasteiger partial charge in [-0.2, -0.15) is 0 Å². The SMILES string of the molecule is O=C(O)[C@@H](O)[C@H](O)C(=O)OC[C@@H]1CO1. The highest BCUT2D eigenvalue weighted by Gasteiger charge is 2.33. The summed E-state index contributed by atoms with van der Waals surface area (Å²) >= 11 is 0. The molecule has 1 aliphatic rings. The molecule has 3 atom stereocenters. The molecule has 0 saturated carbocycles. The summed E-state index contributed by atoms with van der Waals surface area (Å²) in [4.78, 5) is 21.0. The third-order valence-corrected chi connectivity index (χ3v) is 1.61. The molecule has 1 heterocycles. The minimum Gasteiger partial charge on any atom is -0.479 e. The number of hydrogen-bond donors (Lipinski definition) is 3. The molecule has 1 fully saturated rings. The van der Waals surface area contributed by atoms with E-state index in [2.05, 4.69) is 4.74 Å². The van der Waals surface area contributed by atoms with Gasteiger partial charge in [-0.15, -0.1) is 0 Å². The Bertz CT molecular complexity index is 234. The molecular weight excluding hydrogens is 196 g/mol. The summed E-state index contributed by atoms with van der Waals surface area (Å²) < 4.78 is 9.17. The Hall–Kier alpha value is -1.18. The van der Waals surface area contributed by atoms with Crippen LogP contribution in [0.4, 0.5) is 0 Å². The number of aliphatic hydroxyl groups excluding tert-OH is 2. The molecule has 0 bridgehead atoms. The second-order valence-corrected chi connectivity index (χ2v) is 2.81. The fourth-order valence-electron chi connectivity index (χ4n) is 0.689. The van der Waals surface area contributed by atoms with E-state index in [9.17, 15) is 9.59 Å². The van der Waals surface area contributed by atoms with Crippen molar-refractivity contribution < 1.29 is 34.4 Å². The lowest BCUT2D eigenvalue weighted by Gasteiger charge is -2.12. The summed E-state index contributed by atoms with van der Waals surface area (Å²) in [6.45, 7) is 0.438. The summed E-state index contributed by atoms with van der Waals surface area (Å²) in [6, 6.07) is 0. The molecule has 0 amide bonds. The van der Waals surface area contributed by atoms with Gasteiger partial charge >= 0.3 is 11.9 Å². The van der Waals surface area contributed by atoms with Crippen LogP contribution in [0.25, 0.3) is 0 Å². The summed E-state index contributed by atoms with van der Waals surface area (Å²) in [5.74, 6) is -2.85. The van der Waals surface area contributed by atoms with Crippen molar-refractivity contribution in [2.24, 2.45) is 0 Å². The standard InChI is InChI=1S/C7H10O7/c8-4(6(10)11)5(9)7(12)14-2-3-1-13-3/h3-5,8-9H,1-2H2,(H,10,11)/t3-,4-,5-/m0/s1. The number of carbonyl (C=O) groups is 2. The average molecular weight is 206 g/mol. The van der Waals surface area contributed by atoms with Gasteiger partial charge in [0.15, 0.2) is 12.2 Å². The van der Waals surface area contributed by atoms with Crippen LogP contribution in [-0.2, 0) is 19.1 Å². The van der Waals surface area contributed by atoms with E-state index in [1.54, 1.807) is 0 Å². The third kappa shape index (κ3) is 2.95. The molecule has 0 aromatic carbocycles. The van der Waals surface area contributed by atoms with Crippen molar-refractivity contribution in [3.8, 4) is 0 Å². The van der Waals surface area contributed by atoms with Crippen LogP contribution in [0.2, 0.25) is 0 Å². The van der Waals surface area contributed by atoms with Crippen molar-refractivity contribution in [2.45, 2.75) is 18.3 Å². The number of carbonyl (C=O) groups excluding carboxylic acids is 1. The number of aliphatic hydroxyl groups is 2. The maximum atomic E-state index is 10.9. The van der Waals surface area contributed by atoms with E-state index in [0.717, 1.165) is 0 Å². The van der Waals surface area contributed by atoms with Crippen molar-refractivity contribution >= 4 is 11.9 Å². The summed E-state index contributed by atoms with van der Waals surface area (Å²) in [5, 5.41) is 26.0. The zero-order valence-corrected chi connectivity index (χ0v) is 7.12. The van der Waals surface area contributed by atoms with Gasteiger partial charge in [0, 0.05) is 0 Å². The predicted octanol–water partition coefficient (Wildman–Crippen LogP) is -2.27. The lowest BCUT2D eigenvalue weighted by Crippen LogP contribution is -2.40. The number of hydrogen-bond acceptors (Lipinski definition) is 6. The lowest BCUT2D eigenvalue weighted by molar-refractivity contribution is -0.170. The van der Waals surface area contributed by atoms with Gasteiger partial charge in [-0.05, 0) is 0 Å². The minimum absolute atomic E-state index is 0.0395. The predicted molar refractivity (Wildman–Crippen MR) is 40.3 cm³/mol. The van der Waals surface area contributed by atoms with Crippen molar-refractivity contribution in [2.75, 3.05) is 13.2 Å². The van der Waals surface area contributed by atoms with Crippen molar-refractivity contribution in [1.82, 2.24) is 0 Å². The molecule has 0 radical (unpaired) electrons. The van der Waals surface area contributed by atoms with E-state index >= 15 is 0 Å². The van der Waals surface area contributed by atoms with Gasteiger partial charge in [-0.1, -0.05) is 0 Å². The van der Waals surface area contributed by atoms with Crippen LogP contribution in [0.15, 0.2) is 0 Å². The van der Waals surface area contributed by atoms with Crippen molar-refractivity contribution in [3.63, 3.8) is 0 Å². The largest absolute Gasteiger partial charge is 0.479 e. The number of carboxylic acid groups (broad SMARTS) is 1. The monoisotopic (exact) mass is 206 g/mol. The Morgan fingerprint density at radius 2 is 2.00 bits per heavy atom. The number of aliphatic carboxylic acids is 1. The zero-order chi connectivity index (χ0) is 10.7. The summed E-state index contributed by atoms with van der Waals surface area (Å²) in [5.41, 5.74) is 0. The fourth-order valence-corrected chi connectivity index (χ4v) is 0.689. The molecule has 1 saturated heterocycles. The van der Waals surface area contributed by atoms with Gasteiger partial charge in [0.1, 0.15) is 12.7 Å². The molecule has 3 N–H and O–H groups in total. The first kappa shape index (κ1) is 10.9. The average Bonchev–Trinajstić information content (AvgIpc) is 2.95. The maximum Gasteiger partial charge on any atom is 0.338 e. The molecule has 1 rings (SSSR count). The molecule has 0 aliphatic carbocycles. The van der Waals surface area contributed by atoms with Crippen LogP contribution in [-0.4, -0.2) is 58.8 Å². The van der Waals surface area contributed by atoms with Crippen molar-refractivity contribution in [3.05, 3.63) is 0 Å². The Kier molecular flexibility index (Phi) is 3.39. The Morgan fingerprint density at radius 3 is 2.43 bits per heavy atom. The zero-order valence-electron chi connectivity index (χ0n) is 7.12. The Balaban J connectivity index is 2.30. The first-order chi connectivity index (χ1) is 6.52. The molecule has 0 unspecified atom stereocenters. The Labute approximate surface area is 78.9 Å². The molecule has 7 heteroatoms. The molecule has 0 spiro atoms. The summed E-state index contributed by atoms with van der Waals surface area (Å²) in [7, 11) is 0. The number of ether oxygens (including phenoxy) is 2. The number of epoxide rings is 1. The van der Waals surface area contributed by atoms with Crippen LogP contribution in [0.1, 0.15) is 0 Å². The quantitative estimate of drug-likeness (QED) is 0.343. The van der Waals surface area contributed by atoms with Crippen LogP contribution in [0, 0.1) is 0 Å². The topological polar surface area (TPSA) is 117 Å². The minimum atomic E-state index is -2.16. The molecule has 7 nitrogen and oxygen atoms in total. The Morgan fingerprint density at radius 1 is 1.43 bits per heavy atom. The van der Waals surface area contributed by atoms with Gasteiger partial charge < -0.3 is 24.8 Å². The van der Waals surface area contributed by atoms with Gasteiger partial charge in [0.25, 0.3) is 0 Å². The van der Waals surface area contributed by atoms with Crippen LogP contribution < -0.4 is 0 Å². The van der Waals surface area contributed by atoms with E-state index in [1.807, 2.05) is 0 Å². The van der Waals surface area contributed by atoms with E-state index in [-0.39, 0.29) is 12.7 Å². The molecule has 14 heavy (non-hydrogen) atoms. The normalized spacial score (nSPS) is 23.7. The molecule has 0 aromatic rings. The van der Waals surface area contributed by atoms with Gasteiger partial charge in [0.05, 0.1) is 6.61 Å². The first-order valence-electron chi connectivity index (χ1n) is 3.89. The summed E-state index contributed by atoms with van der Waals surface area (Å²) in [6.07, 6.45) is -4.40. The highest BCUT2D eigenvalue weighted by Crippen LogP contribution is 2.09. The van der Waals surface area contributed by atoms with Gasteiger partial charge in [-0.3, -0.25) is 0 Å². The van der Waals surface area contributed by atoms with E-state index in [0.29, 0.717) is 6.61 Å². The van der Waals surface area contributed by atoms with E-state index < -0.39 is 24.1 Å². The molecular formula is C7H10O7. The number of carboxylic acids is 1.